The minimum Gasteiger partial charge on any atom is -0.285 e. The lowest BCUT2D eigenvalue weighted by atomic mass is 10.4. The average Bonchev–Trinajstić information content (AvgIpc) is 1.65. The van der Waals surface area contributed by atoms with E-state index in [-0.39, 0.29) is 0 Å². The molecule has 38 valence electrons. The van der Waals surface area contributed by atoms with E-state index in [2.05, 4.69) is 17.8 Å². The maximum atomic E-state index is 10.1. The lowest BCUT2D eigenvalue weighted by Gasteiger charge is -1.69. The molecule has 0 fully saturated rings. The molecule has 0 N–H and O–H groups in total. The van der Waals surface area contributed by atoms with Crippen LogP contribution in [0.25, 0.3) is 0 Å². The van der Waals surface area contributed by atoms with Crippen LogP contribution in [0.1, 0.15) is 6.92 Å². The van der Waals surface area contributed by atoms with Crippen LogP contribution in [0.3, 0.4) is 0 Å². The minimum absolute atomic E-state index is 0.370. The van der Waals surface area contributed by atoms with Crippen molar-refractivity contribution in [2.75, 3.05) is 0 Å². The summed E-state index contributed by atoms with van der Waals surface area (Å²) in [6.07, 6.45) is 0. The summed E-state index contributed by atoms with van der Waals surface area (Å²) in [6, 6.07) is 0. The van der Waals surface area contributed by atoms with Crippen LogP contribution in [0.2, 0.25) is 0 Å². The van der Waals surface area contributed by atoms with E-state index in [1.54, 1.807) is 6.92 Å². The van der Waals surface area contributed by atoms with Crippen molar-refractivity contribution in [1.82, 2.24) is 0 Å². The van der Waals surface area contributed by atoms with E-state index in [4.69, 9.17) is 0 Å². The molecule has 0 amide bonds. The van der Waals surface area contributed by atoms with E-state index in [0.717, 1.165) is 0 Å². The summed E-state index contributed by atoms with van der Waals surface area (Å²) in [5.74, 6) is -0.458. The molecule has 0 saturated heterocycles. The smallest absolute Gasteiger partial charge is 0.285 e. The van der Waals surface area contributed by atoms with Crippen molar-refractivity contribution in [3.8, 4) is 0 Å². The number of carbonyl (C=O) groups excluding carboxylic acids is 2. The molecule has 0 radical (unpaired) electrons. The summed E-state index contributed by atoms with van der Waals surface area (Å²) in [5.41, 5.74) is 0.370. The van der Waals surface area contributed by atoms with Crippen LogP contribution in [-0.4, -0.2) is 12.8 Å². The fourth-order valence-electron chi connectivity index (χ4n) is 0.123. The molecule has 0 aliphatic heterocycles. The van der Waals surface area contributed by atoms with E-state index in [1.807, 2.05) is 0 Å². The molecular formula is C5H7O2+. The highest BCUT2D eigenvalue weighted by Crippen LogP contribution is 1.83. The molecule has 2 heteroatoms. The Hall–Kier alpha value is -0.920. The first kappa shape index (κ1) is 6.08. The van der Waals surface area contributed by atoms with Crippen molar-refractivity contribution in [3.63, 3.8) is 0 Å². The van der Waals surface area contributed by atoms with Gasteiger partial charge in [0.05, 0.1) is 10.4 Å². The van der Waals surface area contributed by atoms with Crippen LogP contribution >= 0.6 is 0 Å². The van der Waals surface area contributed by atoms with Gasteiger partial charge in [0.2, 0.25) is 0 Å². The van der Waals surface area contributed by atoms with Gasteiger partial charge in [-0.05, 0) is 6.92 Å². The summed E-state index contributed by atoms with van der Waals surface area (Å²) < 4.78 is 4.02. The first-order valence-corrected chi connectivity index (χ1v) is 1.80. The van der Waals surface area contributed by atoms with Crippen LogP contribution < -0.4 is 0 Å². The summed E-state index contributed by atoms with van der Waals surface area (Å²) in [5, 5.41) is 0. The second-order valence-electron chi connectivity index (χ2n) is 1.21. The molecule has 0 rings (SSSR count). The van der Waals surface area contributed by atoms with Gasteiger partial charge in [-0.1, -0.05) is 6.58 Å². The van der Waals surface area contributed by atoms with E-state index >= 15 is 0 Å². The highest BCUT2D eigenvalue weighted by Gasteiger charge is 2.10. The van der Waals surface area contributed by atoms with Crippen molar-refractivity contribution in [3.05, 3.63) is 12.2 Å². The van der Waals surface area contributed by atoms with Gasteiger partial charge < -0.3 is 0 Å². The van der Waals surface area contributed by atoms with Crippen LogP contribution in [-0.2, 0) is 9.22 Å². The molecular weight excluding hydrogens is 92.1 g/mol. The van der Waals surface area contributed by atoms with Gasteiger partial charge in [-0.15, -0.1) is 0 Å². The molecule has 0 aromatic heterocycles. The molecule has 0 heterocycles. The van der Waals surface area contributed by atoms with Gasteiger partial charge in [-0.25, -0.2) is 0 Å². The Morgan fingerprint density at radius 3 is 2.14 bits per heavy atom. The Kier molecular flexibility index (Phi) is 1.99. The lowest BCUT2D eigenvalue weighted by molar-refractivity contribution is -0.363. The van der Waals surface area contributed by atoms with Gasteiger partial charge >= 0.3 is 5.97 Å². The zero-order valence-corrected chi connectivity index (χ0v) is 4.23. The summed E-state index contributed by atoms with van der Waals surface area (Å²) in [7, 11) is 0. The van der Waals surface area contributed by atoms with Gasteiger partial charge in [0.15, 0.2) is 6.79 Å². The Morgan fingerprint density at radius 1 is 1.71 bits per heavy atom. The second-order valence-corrected chi connectivity index (χ2v) is 1.21. The SMILES string of the molecule is C=[O+]C(=O)C(=C)C. The number of rotatable bonds is 1. The standard InChI is InChI=1S/C5H7O2/c1-4(2)5(6)7-3/h1,3H2,2H3/q+1. The summed E-state index contributed by atoms with van der Waals surface area (Å²) >= 11 is 0. The molecule has 0 unspecified atom stereocenters. The third-order valence-electron chi connectivity index (χ3n) is 0.480. The number of carbonyl (C=O) groups is 1. The largest absolute Gasteiger partial charge is 0.607 e. The molecule has 0 spiro atoms. The lowest BCUT2D eigenvalue weighted by Crippen LogP contribution is -1.95. The van der Waals surface area contributed by atoms with Crippen molar-refractivity contribution in [2.45, 2.75) is 6.92 Å². The monoisotopic (exact) mass is 99.0 g/mol. The summed E-state index contributed by atoms with van der Waals surface area (Å²) in [4.78, 5) is 10.1. The van der Waals surface area contributed by atoms with E-state index in [0.29, 0.717) is 5.57 Å². The summed E-state index contributed by atoms with van der Waals surface area (Å²) in [6.45, 7) is 7.77. The molecule has 0 aliphatic carbocycles. The Labute approximate surface area is 42.2 Å². The van der Waals surface area contributed by atoms with Gasteiger partial charge in [-0.2, -0.15) is 0 Å². The predicted molar refractivity (Wildman–Crippen MR) is 26.9 cm³/mol. The molecule has 2 nitrogen and oxygen atoms in total. The van der Waals surface area contributed by atoms with Crippen molar-refractivity contribution >= 4 is 12.8 Å². The first-order valence-electron chi connectivity index (χ1n) is 1.80. The highest BCUT2D eigenvalue weighted by molar-refractivity contribution is 5.84. The third-order valence-corrected chi connectivity index (χ3v) is 0.480. The predicted octanol–water partition coefficient (Wildman–Crippen LogP) is 0.453. The van der Waals surface area contributed by atoms with Crippen LogP contribution in [0.5, 0.6) is 0 Å². The zero-order valence-electron chi connectivity index (χ0n) is 4.23. The third kappa shape index (κ3) is 1.87. The number of hydrogen-bond donors (Lipinski definition) is 0. The van der Waals surface area contributed by atoms with Crippen LogP contribution in [0.4, 0.5) is 0 Å². The maximum Gasteiger partial charge on any atom is 0.607 e. The van der Waals surface area contributed by atoms with Gasteiger partial charge in [0.25, 0.3) is 0 Å². The van der Waals surface area contributed by atoms with Crippen LogP contribution in [0, 0.1) is 0 Å². The minimum atomic E-state index is -0.458. The number of hydrogen-bond acceptors (Lipinski definition) is 1. The van der Waals surface area contributed by atoms with Crippen LogP contribution in [0.15, 0.2) is 12.2 Å². The first-order chi connectivity index (χ1) is 3.18. The van der Waals surface area contributed by atoms with Gasteiger partial charge in [0.1, 0.15) is 0 Å². The molecule has 0 atom stereocenters. The average molecular weight is 99.1 g/mol. The van der Waals surface area contributed by atoms with E-state index < -0.39 is 5.97 Å². The van der Waals surface area contributed by atoms with E-state index in [1.165, 1.54) is 0 Å². The fraction of sp³-hybridized carbons (Fsp3) is 0.200. The van der Waals surface area contributed by atoms with Crippen molar-refractivity contribution in [2.24, 2.45) is 0 Å². The van der Waals surface area contributed by atoms with Crippen molar-refractivity contribution < 1.29 is 9.22 Å². The topological polar surface area (TPSA) is 28.4 Å². The van der Waals surface area contributed by atoms with Gasteiger partial charge in [-0.3, -0.25) is 4.42 Å². The maximum absolute atomic E-state index is 10.1. The normalized spacial score (nSPS) is 7.57. The molecule has 0 saturated carbocycles. The quantitative estimate of drug-likeness (QED) is 0.346. The Morgan fingerprint density at radius 2 is 2.14 bits per heavy atom. The highest BCUT2D eigenvalue weighted by atomic mass is 16.4. The molecule has 0 aromatic rings. The molecule has 0 aromatic carbocycles. The molecule has 0 bridgehead atoms. The fourth-order valence-corrected chi connectivity index (χ4v) is 0.123. The zero-order chi connectivity index (χ0) is 5.86. The Balaban J connectivity index is 3.81. The van der Waals surface area contributed by atoms with E-state index in [9.17, 15) is 4.79 Å². The molecule has 0 aliphatic rings. The van der Waals surface area contributed by atoms with Gasteiger partial charge in [0, 0.05) is 0 Å². The van der Waals surface area contributed by atoms with Crippen molar-refractivity contribution in [1.29, 1.82) is 0 Å². The molecule has 7 heavy (non-hydrogen) atoms. The Bertz CT molecular complexity index is 113. The second kappa shape index (κ2) is 2.29.